The second-order valence-corrected chi connectivity index (χ2v) is 6.47. The van der Waals surface area contributed by atoms with Crippen molar-refractivity contribution in [3.63, 3.8) is 0 Å². The van der Waals surface area contributed by atoms with Gasteiger partial charge in [0.15, 0.2) is 11.5 Å². The number of amides is 1. The Bertz CT molecular complexity index is 792. The second kappa shape index (κ2) is 8.88. The zero-order valence-corrected chi connectivity index (χ0v) is 15.8. The number of nitrogens with zero attached hydrogens (tertiary/aromatic N) is 1. The lowest BCUT2D eigenvalue weighted by atomic mass is 10.0. The molecular formula is C21H26N2O4. The van der Waals surface area contributed by atoms with E-state index in [1.54, 1.807) is 14.2 Å². The third-order valence-corrected chi connectivity index (χ3v) is 4.74. The van der Waals surface area contributed by atoms with Gasteiger partial charge in [0.25, 0.3) is 5.91 Å². The highest BCUT2D eigenvalue weighted by Crippen LogP contribution is 2.32. The fourth-order valence-electron chi connectivity index (χ4n) is 3.29. The third kappa shape index (κ3) is 4.40. The van der Waals surface area contributed by atoms with Gasteiger partial charge in [-0.3, -0.25) is 4.79 Å². The molecule has 2 aromatic rings. The zero-order chi connectivity index (χ0) is 19.2. The highest BCUT2D eigenvalue weighted by Gasteiger charge is 2.24. The summed E-state index contributed by atoms with van der Waals surface area (Å²) in [7, 11) is 3.22. The molecule has 3 rings (SSSR count). The lowest BCUT2D eigenvalue weighted by molar-refractivity contribution is -0.0236. The van der Waals surface area contributed by atoms with Crippen LogP contribution in [-0.2, 0) is 4.74 Å². The van der Waals surface area contributed by atoms with Crippen LogP contribution in [0.25, 0.3) is 11.1 Å². The molecule has 27 heavy (non-hydrogen) atoms. The lowest BCUT2D eigenvalue weighted by Gasteiger charge is -2.33. The van der Waals surface area contributed by atoms with E-state index in [0.717, 1.165) is 17.5 Å². The minimum atomic E-state index is 0.0155. The molecule has 0 radical (unpaired) electrons. The number of carbonyl (C=O) groups excluding carboxylic acids is 1. The van der Waals surface area contributed by atoms with E-state index < -0.39 is 0 Å². The number of hydrogen-bond donors (Lipinski definition) is 1. The van der Waals surface area contributed by atoms with E-state index in [2.05, 4.69) is 0 Å². The number of methoxy groups -OCH3 is 2. The molecule has 1 heterocycles. The molecule has 1 aliphatic rings. The summed E-state index contributed by atoms with van der Waals surface area (Å²) in [6.45, 7) is 2.28. The lowest BCUT2D eigenvalue weighted by Crippen LogP contribution is -2.46. The van der Waals surface area contributed by atoms with Crippen LogP contribution in [0.4, 0.5) is 0 Å². The summed E-state index contributed by atoms with van der Waals surface area (Å²) >= 11 is 0. The first-order valence-corrected chi connectivity index (χ1v) is 9.09. The molecule has 1 atom stereocenters. The molecule has 2 aromatic carbocycles. The molecule has 1 fully saturated rings. The van der Waals surface area contributed by atoms with Crippen LogP contribution in [0.2, 0.25) is 0 Å². The van der Waals surface area contributed by atoms with E-state index in [4.69, 9.17) is 19.9 Å². The van der Waals surface area contributed by atoms with Gasteiger partial charge in [0.1, 0.15) is 0 Å². The number of benzene rings is 2. The highest BCUT2D eigenvalue weighted by molar-refractivity contribution is 5.95. The number of nitrogens with two attached hydrogens (primary N) is 1. The summed E-state index contributed by atoms with van der Waals surface area (Å²) < 4.78 is 16.3. The molecule has 0 bridgehead atoms. The van der Waals surface area contributed by atoms with Gasteiger partial charge in [-0.2, -0.15) is 0 Å². The Balaban J connectivity index is 1.82. The quantitative estimate of drug-likeness (QED) is 0.846. The van der Waals surface area contributed by atoms with Gasteiger partial charge in [-0.05, 0) is 48.4 Å². The first-order valence-electron chi connectivity index (χ1n) is 9.09. The summed E-state index contributed by atoms with van der Waals surface area (Å²) in [6.07, 6.45) is 0.775. The summed E-state index contributed by atoms with van der Waals surface area (Å²) in [5, 5.41) is 0. The summed E-state index contributed by atoms with van der Waals surface area (Å²) in [5.74, 6) is 1.35. The standard InChI is InChI=1S/C21H26N2O4/c1-25-19-7-6-16(13-20(19)26-2)15-4-3-5-17(12-15)21(24)23-10-11-27-18(14-23)8-9-22/h3-7,12-13,18H,8-11,14,22H2,1-2H3/t18-/m1/s1. The average Bonchev–Trinajstić information content (AvgIpc) is 2.73. The van der Waals surface area contributed by atoms with Gasteiger partial charge in [0.2, 0.25) is 0 Å². The highest BCUT2D eigenvalue weighted by atomic mass is 16.5. The monoisotopic (exact) mass is 370 g/mol. The number of rotatable bonds is 6. The molecule has 0 aliphatic carbocycles. The molecule has 2 N–H and O–H groups in total. The summed E-state index contributed by atoms with van der Waals surface area (Å²) in [6, 6.07) is 13.4. The SMILES string of the molecule is COc1ccc(-c2cccc(C(=O)N3CCO[C@H](CCN)C3)c2)cc1OC. The van der Waals surface area contributed by atoms with Crippen LogP contribution in [-0.4, -0.2) is 57.4 Å². The van der Waals surface area contributed by atoms with E-state index in [1.807, 2.05) is 47.4 Å². The van der Waals surface area contributed by atoms with Gasteiger partial charge >= 0.3 is 0 Å². The van der Waals surface area contributed by atoms with Gasteiger partial charge in [0.05, 0.1) is 26.9 Å². The van der Waals surface area contributed by atoms with Crippen molar-refractivity contribution < 1.29 is 19.0 Å². The summed E-state index contributed by atoms with van der Waals surface area (Å²) in [5.41, 5.74) is 8.20. The van der Waals surface area contributed by atoms with Crippen molar-refractivity contribution in [3.05, 3.63) is 48.0 Å². The van der Waals surface area contributed by atoms with Crippen LogP contribution in [0.15, 0.2) is 42.5 Å². The van der Waals surface area contributed by atoms with Crippen LogP contribution in [0.1, 0.15) is 16.8 Å². The Kier molecular flexibility index (Phi) is 6.32. The Morgan fingerprint density at radius 2 is 1.93 bits per heavy atom. The van der Waals surface area contributed by atoms with Crippen LogP contribution >= 0.6 is 0 Å². The van der Waals surface area contributed by atoms with Gasteiger partial charge in [-0.1, -0.05) is 18.2 Å². The minimum Gasteiger partial charge on any atom is -0.493 e. The molecule has 0 aromatic heterocycles. The van der Waals surface area contributed by atoms with Crippen molar-refractivity contribution in [2.75, 3.05) is 40.5 Å². The zero-order valence-electron chi connectivity index (χ0n) is 15.8. The maximum atomic E-state index is 13.0. The van der Waals surface area contributed by atoms with E-state index in [-0.39, 0.29) is 12.0 Å². The molecule has 6 nitrogen and oxygen atoms in total. The Morgan fingerprint density at radius 3 is 2.67 bits per heavy atom. The molecule has 1 saturated heterocycles. The Morgan fingerprint density at radius 1 is 1.15 bits per heavy atom. The van der Waals surface area contributed by atoms with Crippen LogP contribution in [0, 0.1) is 0 Å². The molecule has 6 heteroatoms. The van der Waals surface area contributed by atoms with Gasteiger partial charge in [-0.25, -0.2) is 0 Å². The van der Waals surface area contributed by atoms with Crippen LogP contribution < -0.4 is 15.2 Å². The fraction of sp³-hybridized carbons (Fsp3) is 0.381. The van der Waals surface area contributed by atoms with E-state index in [0.29, 0.717) is 43.3 Å². The van der Waals surface area contributed by atoms with Crippen molar-refractivity contribution in [2.45, 2.75) is 12.5 Å². The van der Waals surface area contributed by atoms with Gasteiger partial charge in [-0.15, -0.1) is 0 Å². The Labute approximate surface area is 159 Å². The van der Waals surface area contributed by atoms with E-state index in [1.165, 1.54) is 0 Å². The van der Waals surface area contributed by atoms with Crippen LogP contribution in [0.5, 0.6) is 11.5 Å². The predicted octanol–water partition coefficient (Wildman–Crippen LogP) is 2.56. The second-order valence-electron chi connectivity index (χ2n) is 6.47. The van der Waals surface area contributed by atoms with Gasteiger partial charge < -0.3 is 24.8 Å². The normalized spacial score (nSPS) is 16.9. The minimum absolute atomic E-state index is 0.0155. The molecular weight excluding hydrogens is 344 g/mol. The predicted molar refractivity (Wildman–Crippen MR) is 104 cm³/mol. The molecule has 1 aliphatic heterocycles. The molecule has 0 spiro atoms. The molecule has 0 saturated carbocycles. The van der Waals surface area contributed by atoms with E-state index in [9.17, 15) is 4.79 Å². The third-order valence-electron chi connectivity index (χ3n) is 4.74. The Hall–Kier alpha value is -2.57. The van der Waals surface area contributed by atoms with Crippen molar-refractivity contribution in [2.24, 2.45) is 5.73 Å². The maximum absolute atomic E-state index is 13.0. The number of ether oxygens (including phenoxy) is 3. The number of carbonyl (C=O) groups is 1. The smallest absolute Gasteiger partial charge is 0.254 e. The van der Waals surface area contributed by atoms with Crippen molar-refractivity contribution in [1.82, 2.24) is 4.90 Å². The van der Waals surface area contributed by atoms with Crippen molar-refractivity contribution in [3.8, 4) is 22.6 Å². The van der Waals surface area contributed by atoms with Gasteiger partial charge in [0, 0.05) is 18.7 Å². The number of hydrogen-bond acceptors (Lipinski definition) is 5. The molecule has 0 unspecified atom stereocenters. The molecule has 1 amide bonds. The molecule has 144 valence electrons. The summed E-state index contributed by atoms with van der Waals surface area (Å²) in [4.78, 5) is 14.8. The maximum Gasteiger partial charge on any atom is 0.254 e. The largest absolute Gasteiger partial charge is 0.493 e. The first kappa shape index (κ1) is 19.2. The van der Waals surface area contributed by atoms with E-state index >= 15 is 0 Å². The van der Waals surface area contributed by atoms with Crippen molar-refractivity contribution >= 4 is 5.91 Å². The first-order chi connectivity index (χ1) is 13.2. The number of morpholine rings is 1. The topological polar surface area (TPSA) is 74.0 Å². The van der Waals surface area contributed by atoms with Crippen LogP contribution in [0.3, 0.4) is 0 Å². The fourth-order valence-corrected chi connectivity index (χ4v) is 3.29. The average molecular weight is 370 g/mol. The van der Waals surface area contributed by atoms with Crippen molar-refractivity contribution in [1.29, 1.82) is 0 Å².